The van der Waals surface area contributed by atoms with Crippen molar-refractivity contribution >= 4 is 23.0 Å². The van der Waals surface area contributed by atoms with E-state index in [1.807, 2.05) is 12.1 Å². The number of nitrogens with two attached hydrogens (primary N) is 1. The zero-order valence-corrected chi connectivity index (χ0v) is 12.2. The van der Waals surface area contributed by atoms with E-state index in [2.05, 4.69) is 39.9 Å². The summed E-state index contributed by atoms with van der Waals surface area (Å²) >= 11 is 5.89. The lowest BCUT2D eigenvalue weighted by atomic mass is 9.81. The van der Waals surface area contributed by atoms with Crippen LogP contribution in [0, 0.1) is 5.41 Å². The Hall–Kier alpha value is -0.890. The highest BCUT2D eigenvalue weighted by Gasteiger charge is 2.25. The van der Waals surface area contributed by atoms with Crippen molar-refractivity contribution in [2.75, 3.05) is 11.1 Å². The molecule has 0 saturated heterocycles. The molecule has 0 fully saturated rings. The molecule has 0 bridgehead atoms. The average molecular weight is 255 g/mol. The Morgan fingerprint density at radius 2 is 1.76 bits per heavy atom. The fourth-order valence-corrected chi connectivity index (χ4v) is 2.56. The summed E-state index contributed by atoms with van der Waals surface area (Å²) in [5, 5.41) is 4.15. The van der Waals surface area contributed by atoms with Gasteiger partial charge in [-0.15, -0.1) is 0 Å². The molecule has 2 nitrogen and oxygen atoms in total. The largest absolute Gasteiger partial charge is 0.397 e. The predicted octanol–water partition coefficient (Wildman–Crippen LogP) is 4.55. The van der Waals surface area contributed by atoms with Crippen LogP contribution < -0.4 is 11.1 Å². The van der Waals surface area contributed by atoms with Gasteiger partial charge in [0.2, 0.25) is 0 Å². The van der Waals surface area contributed by atoms with Gasteiger partial charge in [0.1, 0.15) is 0 Å². The number of hydrogen-bond donors (Lipinski definition) is 2. The molecule has 96 valence electrons. The molecule has 0 amide bonds. The summed E-state index contributed by atoms with van der Waals surface area (Å²) in [5.41, 5.74) is 7.86. The molecule has 0 saturated carbocycles. The molecule has 0 spiro atoms. The van der Waals surface area contributed by atoms with Crippen molar-refractivity contribution in [2.45, 2.75) is 46.6 Å². The van der Waals surface area contributed by atoms with Crippen LogP contribution in [0.15, 0.2) is 18.2 Å². The number of hydrogen-bond acceptors (Lipinski definition) is 2. The van der Waals surface area contributed by atoms with Crippen molar-refractivity contribution in [3.63, 3.8) is 0 Å². The van der Waals surface area contributed by atoms with Crippen molar-refractivity contribution in [3.8, 4) is 0 Å². The molecule has 1 aromatic rings. The van der Waals surface area contributed by atoms with Crippen LogP contribution in [0.25, 0.3) is 0 Å². The molecule has 1 aromatic carbocycles. The van der Waals surface area contributed by atoms with Gasteiger partial charge in [0.25, 0.3) is 0 Å². The SMILES string of the molecule is CC(C)(C)CC(C)(C)Nc1ccc(Cl)cc1N. The number of rotatable bonds is 3. The smallest absolute Gasteiger partial charge is 0.0579 e. The highest BCUT2D eigenvalue weighted by Crippen LogP contribution is 2.32. The van der Waals surface area contributed by atoms with E-state index in [0.717, 1.165) is 12.1 Å². The summed E-state index contributed by atoms with van der Waals surface area (Å²) < 4.78 is 0. The summed E-state index contributed by atoms with van der Waals surface area (Å²) in [6.45, 7) is 11.1. The first-order valence-corrected chi connectivity index (χ1v) is 6.30. The van der Waals surface area contributed by atoms with Crippen molar-refractivity contribution in [2.24, 2.45) is 5.41 Å². The molecule has 3 N–H and O–H groups in total. The van der Waals surface area contributed by atoms with Gasteiger partial charge in [-0.05, 0) is 43.9 Å². The Bertz CT molecular complexity index is 392. The van der Waals surface area contributed by atoms with Gasteiger partial charge in [-0.25, -0.2) is 0 Å². The van der Waals surface area contributed by atoms with Gasteiger partial charge >= 0.3 is 0 Å². The summed E-state index contributed by atoms with van der Waals surface area (Å²) in [5.74, 6) is 0. The third kappa shape index (κ3) is 4.86. The van der Waals surface area contributed by atoms with Crippen LogP contribution in [0.3, 0.4) is 0 Å². The van der Waals surface area contributed by atoms with Crippen LogP contribution in [-0.4, -0.2) is 5.54 Å². The molecular weight excluding hydrogens is 232 g/mol. The maximum atomic E-state index is 5.95. The summed E-state index contributed by atoms with van der Waals surface area (Å²) in [6, 6.07) is 5.56. The molecule has 0 radical (unpaired) electrons. The number of anilines is 2. The maximum Gasteiger partial charge on any atom is 0.0579 e. The molecule has 0 unspecified atom stereocenters. The average Bonchev–Trinajstić information content (AvgIpc) is 2.05. The van der Waals surface area contributed by atoms with E-state index in [1.54, 1.807) is 6.07 Å². The van der Waals surface area contributed by atoms with Crippen LogP contribution >= 0.6 is 11.6 Å². The molecule has 0 atom stereocenters. The molecule has 0 aromatic heterocycles. The molecule has 0 aliphatic rings. The minimum atomic E-state index is 0.000198. The lowest BCUT2D eigenvalue weighted by Gasteiger charge is -2.34. The van der Waals surface area contributed by atoms with Gasteiger partial charge in [-0.2, -0.15) is 0 Å². The third-order valence-electron chi connectivity index (χ3n) is 2.46. The Morgan fingerprint density at radius 1 is 1.18 bits per heavy atom. The van der Waals surface area contributed by atoms with Crippen LogP contribution in [0.4, 0.5) is 11.4 Å². The number of benzene rings is 1. The van der Waals surface area contributed by atoms with E-state index in [4.69, 9.17) is 17.3 Å². The molecule has 0 aliphatic carbocycles. The molecular formula is C14H23ClN2. The van der Waals surface area contributed by atoms with Gasteiger partial charge in [0.05, 0.1) is 11.4 Å². The second-order valence-corrected chi connectivity index (χ2v) is 6.91. The first-order chi connectivity index (χ1) is 7.59. The molecule has 3 heteroatoms. The quantitative estimate of drug-likeness (QED) is 0.777. The second-order valence-electron chi connectivity index (χ2n) is 6.48. The van der Waals surface area contributed by atoms with Crippen LogP contribution in [-0.2, 0) is 0 Å². The first-order valence-electron chi connectivity index (χ1n) is 5.92. The number of nitrogens with one attached hydrogen (secondary N) is 1. The Morgan fingerprint density at radius 3 is 2.24 bits per heavy atom. The lowest BCUT2D eigenvalue weighted by molar-refractivity contribution is 0.302. The van der Waals surface area contributed by atoms with Gasteiger partial charge in [-0.1, -0.05) is 32.4 Å². The van der Waals surface area contributed by atoms with Crippen molar-refractivity contribution in [1.29, 1.82) is 0 Å². The van der Waals surface area contributed by atoms with E-state index in [9.17, 15) is 0 Å². The summed E-state index contributed by atoms with van der Waals surface area (Å²) in [6.07, 6.45) is 1.06. The monoisotopic (exact) mass is 254 g/mol. The van der Waals surface area contributed by atoms with E-state index in [1.165, 1.54) is 0 Å². The fourth-order valence-electron chi connectivity index (χ4n) is 2.38. The van der Waals surface area contributed by atoms with E-state index < -0.39 is 0 Å². The topological polar surface area (TPSA) is 38.0 Å². The minimum absolute atomic E-state index is 0.000198. The Balaban J connectivity index is 2.83. The lowest BCUT2D eigenvalue weighted by Crippen LogP contribution is -2.35. The Kier molecular flexibility index (Phi) is 3.98. The number of halogens is 1. The van der Waals surface area contributed by atoms with Gasteiger partial charge in [0.15, 0.2) is 0 Å². The molecule has 17 heavy (non-hydrogen) atoms. The van der Waals surface area contributed by atoms with E-state index >= 15 is 0 Å². The summed E-state index contributed by atoms with van der Waals surface area (Å²) in [4.78, 5) is 0. The highest BCUT2D eigenvalue weighted by molar-refractivity contribution is 6.31. The zero-order chi connectivity index (χ0) is 13.3. The first kappa shape index (κ1) is 14.2. The van der Waals surface area contributed by atoms with E-state index in [0.29, 0.717) is 10.7 Å². The molecule has 1 rings (SSSR count). The van der Waals surface area contributed by atoms with Gasteiger partial charge < -0.3 is 11.1 Å². The van der Waals surface area contributed by atoms with Crippen LogP contribution in [0.2, 0.25) is 5.02 Å². The van der Waals surface area contributed by atoms with Crippen molar-refractivity contribution in [3.05, 3.63) is 23.2 Å². The Labute approximate surface area is 110 Å². The normalized spacial score (nSPS) is 12.6. The van der Waals surface area contributed by atoms with Crippen molar-refractivity contribution in [1.82, 2.24) is 0 Å². The second kappa shape index (κ2) is 4.77. The van der Waals surface area contributed by atoms with E-state index in [-0.39, 0.29) is 11.0 Å². The van der Waals surface area contributed by atoms with Gasteiger partial charge in [0, 0.05) is 10.6 Å². The zero-order valence-electron chi connectivity index (χ0n) is 11.4. The highest BCUT2D eigenvalue weighted by atomic mass is 35.5. The van der Waals surface area contributed by atoms with Crippen LogP contribution in [0.5, 0.6) is 0 Å². The minimum Gasteiger partial charge on any atom is -0.397 e. The maximum absolute atomic E-state index is 5.95. The molecule has 0 aliphatic heterocycles. The fraction of sp³-hybridized carbons (Fsp3) is 0.571. The van der Waals surface area contributed by atoms with Crippen molar-refractivity contribution < 1.29 is 0 Å². The summed E-state index contributed by atoms with van der Waals surface area (Å²) in [7, 11) is 0. The predicted molar refractivity (Wildman–Crippen MR) is 77.6 cm³/mol. The van der Waals surface area contributed by atoms with Crippen LogP contribution in [0.1, 0.15) is 41.0 Å². The molecule has 0 heterocycles. The number of nitrogen functional groups attached to an aromatic ring is 1. The van der Waals surface area contributed by atoms with Gasteiger partial charge in [-0.3, -0.25) is 0 Å². The third-order valence-corrected chi connectivity index (χ3v) is 2.69. The standard InChI is InChI=1S/C14H23ClN2/c1-13(2,3)9-14(4,5)17-12-7-6-10(15)8-11(12)16/h6-8,17H,9,16H2,1-5H3.